The molecule has 3 heterocycles. The number of carbonyl (C=O) groups is 1. The Hall–Kier alpha value is -2.12. The van der Waals surface area contributed by atoms with Gasteiger partial charge >= 0.3 is 0 Å². The van der Waals surface area contributed by atoms with Crippen LogP contribution in [0.15, 0.2) is 30.6 Å². The Labute approximate surface area is 142 Å². The number of likely N-dealkylation sites (N-methyl/N-ethyl adjacent to an activating group) is 1. The van der Waals surface area contributed by atoms with Gasteiger partial charge in [0.1, 0.15) is 0 Å². The summed E-state index contributed by atoms with van der Waals surface area (Å²) in [4.78, 5) is 17.6. The Morgan fingerprint density at radius 2 is 2.38 bits per heavy atom. The highest BCUT2D eigenvalue weighted by Crippen LogP contribution is 2.28. The van der Waals surface area contributed by atoms with Crippen LogP contribution in [0.25, 0.3) is 0 Å². The van der Waals surface area contributed by atoms with E-state index in [1.165, 1.54) is 0 Å². The fourth-order valence-corrected chi connectivity index (χ4v) is 3.29. The molecule has 2 atom stereocenters. The maximum Gasteiger partial charge on any atom is 0.226 e. The molecule has 2 aromatic heterocycles. The summed E-state index contributed by atoms with van der Waals surface area (Å²) in [6, 6.07) is 5.93. The van der Waals surface area contributed by atoms with E-state index in [0.717, 1.165) is 24.5 Å². The number of carbonyl (C=O) groups excluding carboxylic acids is 1. The van der Waals surface area contributed by atoms with Gasteiger partial charge in [-0.1, -0.05) is 6.92 Å². The largest absolute Gasteiger partial charge is 0.373 e. The van der Waals surface area contributed by atoms with E-state index in [2.05, 4.69) is 27.2 Å². The minimum Gasteiger partial charge on any atom is -0.373 e. The summed E-state index contributed by atoms with van der Waals surface area (Å²) < 4.78 is 7.87. The van der Waals surface area contributed by atoms with E-state index in [1.807, 2.05) is 36.1 Å². The number of nitrogens with one attached hydrogen (secondary N) is 2. The smallest absolute Gasteiger partial charge is 0.226 e. The molecule has 0 aliphatic carbocycles. The van der Waals surface area contributed by atoms with Crippen LogP contribution in [0.1, 0.15) is 24.4 Å². The van der Waals surface area contributed by atoms with Crippen LogP contribution < -0.4 is 5.32 Å². The van der Waals surface area contributed by atoms with Crippen molar-refractivity contribution in [2.45, 2.75) is 25.5 Å². The van der Waals surface area contributed by atoms with Gasteiger partial charge in [0.25, 0.3) is 0 Å². The summed E-state index contributed by atoms with van der Waals surface area (Å²) in [5.41, 5.74) is 2.02. The lowest BCUT2D eigenvalue weighted by Crippen LogP contribution is -2.50. The van der Waals surface area contributed by atoms with Gasteiger partial charge in [-0.3, -0.25) is 14.4 Å². The highest BCUT2D eigenvalue weighted by atomic mass is 16.5. The Balaban J connectivity index is 1.65. The summed E-state index contributed by atoms with van der Waals surface area (Å²) in [5, 5.41) is 7.29. The Bertz CT molecular complexity index is 652. The molecule has 2 aromatic rings. The first-order valence-corrected chi connectivity index (χ1v) is 8.41. The minimum absolute atomic E-state index is 0.00146. The molecule has 7 heteroatoms. The Kier molecular flexibility index (Phi) is 5.32. The van der Waals surface area contributed by atoms with Crippen LogP contribution in [0.5, 0.6) is 0 Å². The fraction of sp³-hybridized carbons (Fsp3) is 0.529. The van der Waals surface area contributed by atoms with Gasteiger partial charge in [-0.2, -0.15) is 5.10 Å². The van der Waals surface area contributed by atoms with E-state index >= 15 is 0 Å². The molecule has 1 fully saturated rings. The fourth-order valence-electron chi connectivity index (χ4n) is 3.29. The Morgan fingerprint density at radius 1 is 1.50 bits per heavy atom. The van der Waals surface area contributed by atoms with Crippen LogP contribution in [0, 0.1) is 0 Å². The molecule has 7 nitrogen and oxygen atoms in total. The van der Waals surface area contributed by atoms with Crippen molar-refractivity contribution in [2.24, 2.45) is 7.05 Å². The van der Waals surface area contributed by atoms with Crippen LogP contribution in [-0.2, 0) is 23.0 Å². The molecule has 1 aliphatic heterocycles. The molecule has 1 aliphatic rings. The predicted molar refractivity (Wildman–Crippen MR) is 90.4 cm³/mol. The molecule has 0 saturated carbocycles. The van der Waals surface area contributed by atoms with Crippen molar-refractivity contribution >= 4 is 5.91 Å². The summed E-state index contributed by atoms with van der Waals surface area (Å²) >= 11 is 0. The molecule has 0 spiro atoms. The van der Waals surface area contributed by atoms with Crippen molar-refractivity contribution < 1.29 is 9.53 Å². The first-order valence-electron chi connectivity index (χ1n) is 8.41. The van der Waals surface area contributed by atoms with E-state index in [1.54, 1.807) is 6.20 Å². The number of nitrogens with zero attached hydrogens (tertiary/aromatic N) is 3. The normalized spacial score (nSPS) is 21.8. The SMILES string of the molecule is CCN1CCO[C@@H](CNC(=O)Cc2ccc[nH]2)[C@@H]1c1ccnn1C. The highest BCUT2D eigenvalue weighted by molar-refractivity contribution is 5.78. The number of hydrogen-bond acceptors (Lipinski definition) is 4. The Morgan fingerprint density at radius 3 is 3.04 bits per heavy atom. The molecular formula is C17H25N5O2. The van der Waals surface area contributed by atoms with Gasteiger partial charge in [-0.05, 0) is 24.7 Å². The molecule has 1 amide bonds. The van der Waals surface area contributed by atoms with Crippen molar-refractivity contribution in [1.82, 2.24) is 25.0 Å². The van der Waals surface area contributed by atoms with Crippen molar-refractivity contribution in [3.05, 3.63) is 42.0 Å². The van der Waals surface area contributed by atoms with Gasteiger partial charge in [-0.15, -0.1) is 0 Å². The maximum atomic E-state index is 12.1. The number of ether oxygens (including phenoxy) is 1. The first-order chi connectivity index (χ1) is 11.7. The molecule has 1 saturated heterocycles. The zero-order valence-corrected chi connectivity index (χ0v) is 14.2. The molecule has 24 heavy (non-hydrogen) atoms. The highest BCUT2D eigenvalue weighted by Gasteiger charge is 2.34. The summed E-state index contributed by atoms with van der Waals surface area (Å²) in [6.45, 7) is 5.15. The molecule has 2 N–H and O–H groups in total. The quantitative estimate of drug-likeness (QED) is 0.824. The summed E-state index contributed by atoms with van der Waals surface area (Å²) in [7, 11) is 1.94. The second-order valence-electron chi connectivity index (χ2n) is 6.04. The van der Waals surface area contributed by atoms with Gasteiger partial charge in [-0.25, -0.2) is 0 Å². The molecule has 0 bridgehead atoms. The van der Waals surface area contributed by atoms with E-state index < -0.39 is 0 Å². The van der Waals surface area contributed by atoms with E-state index in [0.29, 0.717) is 19.6 Å². The second-order valence-corrected chi connectivity index (χ2v) is 6.04. The van der Waals surface area contributed by atoms with Crippen molar-refractivity contribution in [2.75, 3.05) is 26.2 Å². The van der Waals surface area contributed by atoms with Crippen LogP contribution in [0.3, 0.4) is 0 Å². The zero-order valence-electron chi connectivity index (χ0n) is 14.2. The van der Waals surface area contributed by atoms with Crippen LogP contribution in [0.4, 0.5) is 0 Å². The second kappa shape index (κ2) is 7.63. The van der Waals surface area contributed by atoms with Crippen LogP contribution >= 0.6 is 0 Å². The van der Waals surface area contributed by atoms with Crippen molar-refractivity contribution in [3.63, 3.8) is 0 Å². The van der Waals surface area contributed by atoms with Gasteiger partial charge in [0.15, 0.2) is 0 Å². The average Bonchev–Trinajstić information content (AvgIpc) is 3.24. The van der Waals surface area contributed by atoms with Gasteiger partial charge in [0.2, 0.25) is 5.91 Å². The summed E-state index contributed by atoms with van der Waals surface area (Å²) in [5.74, 6) is -0.00146. The average molecular weight is 331 g/mol. The third kappa shape index (κ3) is 3.68. The third-order valence-corrected chi connectivity index (χ3v) is 4.54. The number of morpholine rings is 1. The van der Waals surface area contributed by atoms with Gasteiger partial charge in [0, 0.05) is 38.2 Å². The van der Waals surface area contributed by atoms with Gasteiger partial charge < -0.3 is 15.0 Å². The molecular weight excluding hydrogens is 306 g/mol. The van der Waals surface area contributed by atoms with Crippen LogP contribution in [0.2, 0.25) is 0 Å². The number of amides is 1. The van der Waals surface area contributed by atoms with E-state index in [-0.39, 0.29) is 18.1 Å². The molecule has 0 unspecified atom stereocenters. The van der Waals surface area contributed by atoms with Crippen molar-refractivity contribution in [3.8, 4) is 0 Å². The number of aromatic nitrogens is 3. The maximum absolute atomic E-state index is 12.1. The van der Waals surface area contributed by atoms with Crippen molar-refractivity contribution in [1.29, 1.82) is 0 Å². The lowest BCUT2D eigenvalue weighted by Gasteiger charge is -2.40. The summed E-state index contributed by atoms with van der Waals surface area (Å²) in [6.07, 6.45) is 3.90. The monoisotopic (exact) mass is 331 g/mol. The zero-order chi connectivity index (χ0) is 16.9. The predicted octanol–water partition coefficient (Wildman–Crippen LogP) is 0.869. The van der Waals surface area contributed by atoms with E-state index in [4.69, 9.17) is 4.74 Å². The molecule has 3 rings (SSSR count). The first kappa shape index (κ1) is 16.7. The topological polar surface area (TPSA) is 75.2 Å². The number of aryl methyl sites for hydroxylation is 1. The standard InChI is InChI=1S/C17H25N5O2/c1-3-22-9-10-24-15(17(22)14-6-8-20-21(14)2)12-19-16(23)11-13-5-4-7-18-13/h4-8,15,17-18H,3,9-12H2,1-2H3,(H,19,23)/t15-,17-/m0/s1. The van der Waals surface area contributed by atoms with Crippen LogP contribution in [-0.4, -0.2) is 57.9 Å². The lowest BCUT2D eigenvalue weighted by molar-refractivity contribution is -0.122. The minimum atomic E-state index is -0.0818. The van der Waals surface area contributed by atoms with Gasteiger partial charge in [0.05, 0.1) is 30.9 Å². The third-order valence-electron chi connectivity index (χ3n) is 4.54. The number of hydrogen-bond donors (Lipinski definition) is 2. The lowest BCUT2D eigenvalue weighted by atomic mass is 10.0. The molecule has 0 radical (unpaired) electrons. The molecule has 0 aromatic carbocycles. The number of rotatable bonds is 6. The number of H-pyrrole nitrogens is 1. The van der Waals surface area contributed by atoms with E-state index in [9.17, 15) is 4.79 Å². The number of aromatic amines is 1. The molecule has 130 valence electrons.